The van der Waals surface area contributed by atoms with E-state index in [1.165, 1.54) is 32.0 Å². The molecule has 0 radical (unpaired) electrons. The van der Waals surface area contributed by atoms with E-state index >= 15 is 0 Å². The van der Waals surface area contributed by atoms with Crippen LogP contribution in [0.4, 0.5) is 0 Å². The van der Waals surface area contributed by atoms with Crippen LogP contribution in [-0.2, 0) is 20.8 Å². The number of carbonyl (C=O) groups is 4. The van der Waals surface area contributed by atoms with Crippen LogP contribution in [0, 0.1) is 15.4 Å². The van der Waals surface area contributed by atoms with Crippen LogP contribution >= 0.6 is 22.6 Å². The lowest BCUT2D eigenvalue weighted by atomic mass is 9.57. The monoisotopic (exact) mass is 582 g/mol. The number of aliphatic hydroxyl groups is 3. The van der Waals surface area contributed by atoms with Gasteiger partial charge in [0.2, 0.25) is 5.78 Å². The van der Waals surface area contributed by atoms with Gasteiger partial charge in [-0.2, -0.15) is 0 Å². The molecule has 4 atom stereocenters. The molecule has 0 aliphatic heterocycles. The predicted octanol–water partition coefficient (Wildman–Crippen LogP) is 0.771. The Morgan fingerprint density at radius 3 is 2.35 bits per heavy atom. The summed E-state index contributed by atoms with van der Waals surface area (Å²) in [5.74, 6) is -7.46. The molecule has 3 aliphatic carbocycles. The minimum Gasteiger partial charge on any atom is -0.508 e. The molecular weight excluding hydrogens is 559 g/mol. The van der Waals surface area contributed by atoms with Gasteiger partial charge in [-0.1, -0.05) is 0 Å². The van der Waals surface area contributed by atoms with E-state index in [0.29, 0.717) is 5.56 Å². The number of carbonyl (C=O) groups excluding carboxylic acids is 4. The van der Waals surface area contributed by atoms with E-state index in [1.807, 2.05) is 0 Å². The number of hydrogen-bond donors (Lipinski definition) is 5. The summed E-state index contributed by atoms with van der Waals surface area (Å²) in [6, 6.07) is 0.339. The molecular formula is C23H23IN2O8. The number of hydrogen-bond acceptors (Lipinski definition) is 9. The summed E-state index contributed by atoms with van der Waals surface area (Å²) in [7, 11) is 3.06. The van der Waals surface area contributed by atoms with Crippen molar-refractivity contribution in [3.8, 4) is 5.75 Å². The summed E-state index contributed by atoms with van der Waals surface area (Å²) in [4.78, 5) is 52.5. The van der Waals surface area contributed by atoms with Gasteiger partial charge in [0, 0.05) is 17.1 Å². The van der Waals surface area contributed by atoms with Crippen LogP contribution < -0.4 is 5.73 Å². The molecule has 34 heavy (non-hydrogen) atoms. The summed E-state index contributed by atoms with van der Waals surface area (Å²) in [5.41, 5.74) is 2.04. The second-order valence-corrected chi connectivity index (χ2v) is 10.3. The molecule has 4 rings (SSSR count). The molecule has 1 amide bonds. The molecule has 0 bridgehead atoms. The van der Waals surface area contributed by atoms with Gasteiger partial charge in [0.15, 0.2) is 17.2 Å². The molecule has 10 nitrogen and oxygen atoms in total. The highest BCUT2D eigenvalue weighted by molar-refractivity contribution is 14.1. The van der Waals surface area contributed by atoms with Crippen LogP contribution in [0.15, 0.2) is 23.0 Å². The minimum atomic E-state index is -2.69. The summed E-state index contributed by atoms with van der Waals surface area (Å²) in [6.45, 7) is 1.35. The SMILES string of the molecule is CC(=O)c1cc(I)c(O)c2c1C[C@@H]1C[C@@H]3[C@@H](N(C)C)C(=O)C(C(N)=O)=C(O)[C@]3(O)C(=O)C1=C2O. The van der Waals surface area contributed by atoms with E-state index in [4.69, 9.17) is 5.73 Å². The number of ketones is 3. The molecule has 1 aromatic carbocycles. The molecule has 3 aliphatic rings. The number of Topliss-reactive ketones (excluding diaryl/α,β-unsaturated/α-hetero) is 3. The molecule has 1 saturated carbocycles. The summed E-state index contributed by atoms with van der Waals surface area (Å²) in [6.07, 6.45) is 0.0454. The van der Waals surface area contributed by atoms with Crippen molar-refractivity contribution >= 4 is 51.6 Å². The molecule has 1 aromatic rings. The van der Waals surface area contributed by atoms with Crippen molar-refractivity contribution in [2.24, 2.45) is 17.6 Å². The molecule has 0 saturated heterocycles. The number of nitrogens with zero attached hydrogens (tertiary/aromatic N) is 1. The van der Waals surface area contributed by atoms with Gasteiger partial charge >= 0.3 is 0 Å². The second kappa shape index (κ2) is 7.89. The predicted molar refractivity (Wildman–Crippen MR) is 127 cm³/mol. The molecule has 180 valence electrons. The second-order valence-electron chi connectivity index (χ2n) is 9.13. The van der Waals surface area contributed by atoms with E-state index in [9.17, 15) is 39.6 Å². The van der Waals surface area contributed by atoms with E-state index in [1.54, 1.807) is 22.6 Å². The van der Waals surface area contributed by atoms with Gasteiger partial charge in [0.25, 0.3) is 5.91 Å². The quantitative estimate of drug-likeness (QED) is 0.196. The van der Waals surface area contributed by atoms with Gasteiger partial charge in [0.1, 0.15) is 22.8 Å². The molecule has 11 heteroatoms. The first-order valence-electron chi connectivity index (χ1n) is 10.4. The Morgan fingerprint density at radius 1 is 1.21 bits per heavy atom. The lowest BCUT2D eigenvalue weighted by molar-refractivity contribution is -0.153. The lowest BCUT2D eigenvalue weighted by Gasteiger charge is -2.50. The number of aliphatic hydroxyl groups excluding tert-OH is 2. The van der Waals surface area contributed by atoms with Gasteiger partial charge in [-0.3, -0.25) is 24.1 Å². The van der Waals surface area contributed by atoms with Gasteiger partial charge in [-0.05, 0) is 74.0 Å². The average Bonchev–Trinajstić information content (AvgIpc) is 2.72. The average molecular weight is 582 g/mol. The molecule has 6 N–H and O–H groups in total. The maximum Gasteiger partial charge on any atom is 0.255 e. The number of amides is 1. The van der Waals surface area contributed by atoms with Crippen LogP contribution in [0.2, 0.25) is 0 Å². The van der Waals surface area contributed by atoms with Gasteiger partial charge < -0.3 is 26.2 Å². The van der Waals surface area contributed by atoms with Crippen molar-refractivity contribution in [3.05, 3.63) is 43.2 Å². The highest BCUT2D eigenvalue weighted by Crippen LogP contribution is 2.53. The third kappa shape index (κ3) is 3.06. The van der Waals surface area contributed by atoms with Crippen LogP contribution in [0.25, 0.3) is 5.76 Å². The van der Waals surface area contributed by atoms with Crippen molar-refractivity contribution < 1.29 is 39.6 Å². The van der Waals surface area contributed by atoms with Gasteiger partial charge in [0.05, 0.1) is 15.2 Å². The first-order chi connectivity index (χ1) is 15.7. The smallest absolute Gasteiger partial charge is 0.255 e. The summed E-state index contributed by atoms with van der Waals surface area (Å²) < 4.78 is 0.279. The van der Waals surface area contributed by atoms with Gasteiger partial charge in [-0.15, -0.1) is 0 Å². The van der Waals surface area contributed by atoms with E-state index in [0.717, 1.165) is 0 Å². The maximum absolute atomic E-state index is 13.7. The van der Waals surface area contributed by atoms with Gasteiger partial charge in [-0.25, -0.2) is 0 Å². The molecule has 0 spiro atoms. The first-order valence-corrected chi connectivity index (χ1v) is 11.5. The largest absolute Gasteiger partial charge is 0.508 e. The summed E-state index contributed by atoms with van der Waals surface area (Å²) in [5, 5.41) is 44.1. The molecule has 0 aromatic heterocycles. The van der Waals surface area contributed by atoms with Crippen LogP contribution in [0.5, 0.6) is 5.75 Å². The number of primary amides is 1. The maximum atomic E-state index is 13.7. The Balaban J connectivity index is 2.02. The van der Waals surface area contributed by atoms with Crippen molar-refractivity contribution in [1.82, 2.24) is 4.90 Å². The fourth-order valence-electron chi connectivity index (χ4n) is 5.59. The number of halogens is 1. The molecule has 0 unspecified atom stereocenters. The van der Waals surface area contributed by atoms with Crippen LogP contribution in [-0.4, -0.2) is 74.3 Å². The Hall–Kier alpha value is -2.77. The number of fused-ring (bicyclic) bond motifs is 3. The minimum absolute atomic E-state index is 0.0319. The fraction of sp³-hybridized carbons (Fsp3) is 0.391. The normalized spacial score (nSPS) is 28.6. The Kier molecular flexibility index (Phi) is 5.65. The Morgan fingerprint density at radius 2 is 1.82 bits per heavy atom. The fourth-order valence-corrected chi connectivity index (χ4v) is 6.17. The number of phenols is 1. The zero-order valence-corrected chi connectivity index (χ0v) is 20.7. The number of benzene rings is 1. The number of rotatable bonds is 3. The van der Waals surface area contributed by atoms with E-state index in [-0.39, 0.29) is 44.6 Å². The molecule has 0 heterocycles. The highest BCUT2D eigenvalue weighted by Gasteiger charge is 2.64. The topological polar surface area (TPSA) is 178 Å². The van der Waals surface area contributed by atoms with Crippen molar-refractivity contribution in [1.29, 1.82) is 0 Å². The number of phenolic OH excluding ortho intramolecular Hbond substituents is 1. The highest BCUT2D eigenvalue weighted by atomic mass is 127. The third-order valence-electron chi connectivity index (χ3n) is 7.05. The Bertz CT molecular complexity index is 1260. The van der Waals surface area contributed by atoms with Crippen molar-refractivity contribution in [2.45, 2.75) is 31.4 Å². The van der Waals surface area contributed by atoms with E-state index in [2.05, 4.69) is 0 Å². The zero-order chi connectivity index (χ0) is 25.4. The standard InChI is InChI=1S/C23H23IN2O8/c1-7(27)9-6-12(24)17(28)14-10(9)4-8-5-11-16(26(2)3)19(30)15(22(25)33)21(32)23(11,34)20(31)13(8)18(14)29/h6,8,11,16,28-29,32,34H,4-5H2,1-3H3,(H2,25,33)/t8-,11-,16-,23-/m1/s1. The van der Waals surface area contributed by atoms with Crippen molar-refractivity contribution in [2.75, 3.05) is 14.1 Å². The lowest BCUT2D eigenvalue weighted by Crippen LogP contribution is -2.65. The first kappa shape index (κ1) is 24.4. The summed E-state index contributed by atoms with van der Waals surface area (Å²) >= 11 is 1.80. The zero-order valence-electron chi connectivity index (χ0n) is 18.5. The molecule has 1 fully saturated rings. The number of likely N-dealkylation sites (N-methyl/N-ethyl adjacent to an activating group) is 1. The Labute approximate surface area is 207 Å². The number of aromatic hydroxyl groups is 1. The van der Waals surface area contributed by atoms with Crippen LogP contribution in [0.3, 0.4) is 0 Å². The third-order valence-corrected chi connectivity index (χ3v) is 7.88. The van der Waals surface area contributed by atoms with Crippen LogP contribution in [0.1, 0.15) is 34.8 Å². The van der Waals surface area contributed by atoms with E-state index < -0.39 is 58.0 Å². The number of nitrogens with two attached hydrogens (primary N) is 1. The van der Waals surface area contributed by atoms with Crippen molar-refractivity contribution in [3.63, 3.8) is 0 Å².